The van der Waals surface area contributed by atoms with Crippen molar-refractivity contribution in [1.82, 2.24) is 30.1 Å². The summed E-state index contributed by atoms with van der Waals surface area (Å²) < 4.78 is 0. The van der Waals surface area contributed by atoms with Crippen LogP contribution in [0.4, 0.5) is 17.5 Å². The Kier molecular flexibility index (Phi) is 8.95. The van der Waals surface area contributed by atoms with Gasteiger partial charge in [-0.05, 0) is 90.6 Å². The van der Waals surface area contributed by atoms with Crippen molar-refractivity contribution >= 4 is 35.2 Å². The SMILES string of the molecule is O=C1CCC(N2Cc3cc(C4(O)CCN(Cc5ccc(N6CCC(c7ccc(Nc8ncccn8)nc7)CC6)cc5)CC4)ccc3C2=O)C(=O)N1. The van der Waals surface area contributed by atoms with Crippen molar-refractivity contribution in [2.24, 2.45) is 0 Å². The fourth-order valence-corrected chi connectivity index (χ4v) is 7.97. The minimum atomic E-state index is -0.973. The van der Waals surface area contributed by atoms with Crippen LogP contribution in [0, 0.1) is 0 Å². The monoisotopic (exact) mass is 686 g/mol. The van der Waals surface area contributed by atoms with Crippen LogP contribution in [-0.4, -0.2) is 79.8 Å². The third-order valence-corrected chi connectivity index (χ3v) is 11.0. The molecule has 2 aromatic carbocycles. The zero-order chi connectivity index (χ0) is 35.0. The fraction of sp³-hybridized carbons (Fsp3) is 0.385. The Balaban J connectivity index is 0.814. The average molecular weight is 687 g/mol. The lowest BCUT2D eigenvalue weighted by molar-refractivity contribution is -0.136. The van der Waals surface area contributed by atoms with Gasteiger partial charge < -0.3 is 20.2 Å². The molecule has 4 aliphatic rings. The number of rotatable bonds is 8. The Labute approximate surface area is 296 Å². The molecule has 3 saturated heterocycles. The molecule has 0 aliphatic carbocycles. The van der Waals surface area contributed by atoms with Crippen LogP contribution in [0.3, 0.4) is 0 Å². The molecule has 3 amide bonds. The van der Waals surface area contributed by atoms with Crippen molar-refractivity contribution in [3.8, 4) is 0 Å². The van der Waals surface area contributed by atoms with Gasteiger partial charge in [0.05, 0.1) is 5.60 Å². The number of piperidine rings is 3. The summed E-state index contributed by atoms with van der Waals surface area (Å²) in [6, 6.07) is 19.8. The maximum absolute atomic E-state index is 13.1. The maximum Gasteiger partial charge on any atom is 0.255 e. The Morgan fingerprint density at radius 1 is 0.882 bits per heavy atom. The molecule has 8 rings (SSSR count). The Bertz CT molecular complexity index is 1900. The van der Waals surface area contributed by atoms with E-state index in [-0.39, 0.29) is 18.2 Å². The van der Waals surface area contributed by atoms with Crippen LogP contribution in [0.2, 0.25) is 0 Å². The van der Waals surface area contributed by atoms with E-state index in [1.54, 1.807) is 29.4 Å². The molecule has 2 aromatic heterocycles. The van der Waals surface area contributed by atoms with Gasteiger partial charge in [-0.1, -0.05) is 30.3 Å². The summed E-state index contributed by atoms with van der Waals surface area (Å²) in [6.45, 7) is 4.65. The number of carbonyl (C=O) groups excluding carboxylic acids is 3. The number of aliphatic hydroxyl groups is 1. The van der Waals surface area contributed by atoms with Gasteiger partial charge in [0.2, 0.25) is 17.8 Å². The summed E-state index contributed by atoms with van der Waals surface area (Å²) in [6.07, 6.45) is 9.27. The lowest BCUT2D eigenvalue weighted by atomic mass is 9.83. The highest BCUT2D eigenvalue weighted by Crippen LogP contribution is 2.37. The summed E-state index contributed by atoms with van der Waals surface area (Å²) in [5.41, 5.74) is 4.99. The van der Waals surface area contributed by atoms with E-state index in [1.807, 2.05) is 24.4 Å². The second-order valence-corrected chi connectivity index (χ2v) is 14.2. The van der Waals surface area contributed by atoms with Crippen molar-refractivity contribution in [3.63, 3.8) is 0 Å². The van der Waals surface area contributed by atoms with Crippen LogP contribution in [0.25, 0.3) is 0 Å². The minimum absolute atomic E-state index is 0.198. The first-order valence-electron chi connectivity index (χ1n) is 17.9. The molecule has 0 saturated carbocycles. The number of nitrogens with zero attached hydrogens (tertiary/aromatic N) is 6. The van der Waals surface area contributed by atoms with Crippen molar-refractivity contribution in [2.45, 2.75) is 69.2 Å². The van der Waals surface area contributed by atoms with E-state index in [9.17, 15) is 19.5 Å². The number of hydrogen-bond donors (Lipinski definition) is 3. The lowest BCUT2D eigenvalue weighted by Gasteiger charge is -2.39. The van der Waals surface area contributed by atoms with Crippen LogP contribution < -0.4 is 15.5 Å². The van der Waals surface area contributed by atoms with E-state index in [2.05, 4.69) is 65.7 Å². The van der Waals surface area contributed by atoms with Gasteiger partial charge in [-0.3, -0.25) is 24.6 Å². The first-order chi connectivity index (χ1) is 24.8. The predicted molar refractivity (Wildman–Crippen MR) is 191 cm³/mol. The number of carbonyl (C=O) groups is 3. The zero-order valence-electron chi connectivity index (χ0n) is 28.5. The number of benzene rings is 2. The number of hydrogen-bond acceptors (Lipinski definition) is 10. The van der Waals surface area contributed by atoms with Crippen molar-refractivity contribution in [3.05, 3.63) is 107 Å². The zero-order valence-corrected chi connectivity index (χ0v) is 28.5. The van der Waals surface area contributed by atoms with Crippen molar-refractivity contribution in [2.75, 3.05) is 36.4 Å². The summed E-state index contributed by atoms with van der Waals surface area (Å²) in [5, 5.41) is 17.2. The van der Waals surface area contributed by atoms with Gasteiger partial charge in [-0.15, -0.1) is 0 Å². The number of fused-ring (bicyclic) bond motifs is 1. The van der Waals surface area contributed by atoms with Crippen LogP contribution in [0.15, 0.2) is 79.3 Å². The standard InChI is InChI=1S/C39H42N8O4/c48-35-11-9-33(36(49)44-35)47-25-29-22-30(5-8-32(29)37(47)50)39(51)14-20-45(21-15-39)24-26-2-6-31(7-3-26)46-18-12-27(13-19-46)28-4-10-34(42-23-28)43-38-40-16-1-17-41-38/h1-8,10,16-17,22-23,27,33,51H,9,11-15,18-21,24-25H2,(H,44,48,49)(H,40,41,42,43). The molecule has 262 valence electrons. The Hall–Kier alpha value is -5.20. The molecular weight excluding hydrogens is 644 g/mol. The summed E-state index contributed by atoms with van der Waals surface area (Å²) in [7, 11) is 0. The largest absolute Gasteiger partial charge is 0.385 e. The molecule has 3 fully saturated rings. The minimum Gasteiger partial charge on any atom is -0.385 e. The van der Waals surface area contributed by atoms with Crippen molar-refractivity contribution < 1.29 is 19.5 Å². The van der Waals surface area contributed by atoms with Crippen LogP contribution in [0.1, 0.15) is 77.1 Å². The predicted octanol–water partition coefficient (Wildman–Crippen LogP) is 4.24. The van der Waals surface area contributed by atoms with E-state index < -0.39 is 17.6 Å². The summed E-state index contributed by atoms with van der Waals surface area (Å²) >= 11 is 0. The third-order valence-electron chi connectivity index (χ3n) is 11.0. The molecule has 12 nitrogen and oxygen atoms in total. The van der Waals surface area contributed by atoms with Gasteiger partial charge in [0, 0.05) is 75.5 Å². The molecule has 12 heteroatoms. The Morgan fingerprint density at radius 3 is 2.35 bits per heavy atom. The van der Waals surface area contributed by atoms with Crippen molar-refractivity contribution in [1.29, 1.82) is 0 Å². The molecule has 0 spiro atoms. The maximum atomic E-state index is 13.1. The second-order valence-electron chi connectivity index (χ2n) is 14.2. The van der Waals surface area contributed by atoms with E-state index in [4.69, 9.17) is 0 Å². The smallest absolute Gasteiger partial charge is 0.255 e. The number of nitrogens with one attached hydrogen (secondary N) is 2. The number of anilines is 3. The lowest BCUT2D eigenvalue weighted by Crippen LogP contribution is -2.52. The third kappa shape index (κ3) is 6.93. The highest BCUT2D eigenvalue weighted by molar-refractivity contribution is 6.05. The van der Waals surface area contributed by atoms with Gasteiger partial charge in [0.15, 0.2) is 0 Å². The second kappa shape index (κ2) is 13.8. The number of aromatic nitrogens is 3. The van der Waals surface area contributed by atoms with Gasteiger partial charge in [0.1, 0.15) is 11.9 Å². The number of pyridine rings is 1. The van der Waals surface area contributed by atoms with Crippen LogP contribution >= 0.6 is 0 Å². The molecule has 6 heterocycles. The summed E-state index contributed by atoms with van der Waals surface area (Å²) in [5.74, 6) is 0.845. The molecule has 4 aliphatic heterocycles. The number of amides is 3. The topological polar surface area (TPSA) is 144 Å². The molecule has 1 atom stereocenters. The first-order valence-corrected chi connectivity index (χ1v) is 17.9. The number of likely N-dealkylation sites (tertiary alicyclic amines) is 1. The molecule has 0 bridgehead atoms. The first kappa shape index (κ1) is 33.0. The van der Waals surface area contributed by atoms with Gasteiger partial charge in [-0.2, -0.15) is 0 Å². The molecule has 4 aromatic rings. The van der Waals surface area contributed by atoms with E-state index in [0.29, 0.717) is 43.2 Å². The quantitative estimate of drug-likeness (QED) is 0.230. The fourth-order valence-electron chi connectivity index (χ4n) is 7.97. The molecule has 51 heavy (non-hydrogen) atoms. The van der Waals surface area contributed by atoms with Crippen LogP contribution in [0.5, 0.6) is 0 Å². The number of imide groups is 1. The van der Waals surface area contributed by atoms with Gasteiger partial charge in [0.25, 0.3) is 5.91 Å². The van der Waals surface area contributed by atoms with Gasteiger partial charge in [-0.25, -0.2) is 15.0 Å². The highest BCUT2D eigenvalue weighted by atomic mass is 16.3. The molecule has 0 radical (unpaired) electrons. The normalized spacial score (nSPS) is 21.0. The van der Waals surface area contributed by atoms with Gasteiger partial charge >= 0.3 is 0 Å². The summed E-state index contributed by atoms with van der Waals surface area (Å²) in [4.78, 5) is 56.5. The highest BCUT2D eigenvalue weighted by Gasteiger charge is 2.41. The van der Waals surface area contributed by atoms with E-state index >= 15 is 0 Å². The average Bonchev–Trinajstić information content (AvgIpc) is 3.49. The Morgan fingerprint density at radius 2 is 1.65 bits per heavy atom. The van der Waals surface area contributed by atoms with E-state index in [0.717, 1.165) is 62.5 Å². The van der Waals surface area contributed by atoms with Crippen LogP contribution in [-0.2, 0) is 28.3 Å². The molecular formula is C39H42N8O4. The molecule has 1 unspecified atom stereocenters. The molecule has 3 N–H and O–H groups in total. The van der Waals surface area contributed by atoms with E-state index in [1.165, 1.54) is 16.8 Å².